The zero-order valence-electron chi connectivity index (χ0n) is 13.2. The van der Waals surface area contributed by atoms with Crippen LogP contribution in [0.1, 0.15) is 58.1 Å². The molecule has 0 aromatic carbocycles. The molecule has 0 radical (unpaired) electrons. The Morgan fingerprint density at radius 1 is 1.40 bits per heavy atom. The Morgan fingerprint density at radius 3 is 2.90 bits per heavy atom. The average molecular weight is 275 g/mol. The molecule has 3 heteroatoms. The second-order valence-corrected chi connectivity index (χ2v) is 6.30. The Bertz CT molecular complexity index is 386. The molecular weight excluding hydrogens is 246 g/mol. The lowest BCUT2D eigenvalue weighted by Crippen LogP contribution is -2.27. The van der Waals surface area contributed by atoms with Crippen LogP contribution in [0.15, 0.2) is 18.3 Å². The van der Waals surface area contributed by atoms with Gasteiger partial charge in [0, 0.05) is 25.3 Å². The Kier molecular flexibility index (Phi) is 5.84. The standard InChI is InChI=1S/C17H29N3/c1-4-5-10-18-17-9-8-15(12-19-17)16-7-6-11-20(16)13-14(2)3/h8-9,12,14,16H,4-7,10-11,13H2,1-3H3,(H,18,19)/t16-/m0/s1. The van der Waals surface area contributed by atoms with Crippen LogP contribution < -0.4 is 5.32 Å². The highest BCUT2D eigenvalue weighted by Gasteiger charge is 2.26. The van der Waals surface area contributed by atoms with E-state index in [-0.39, 0.29) is 0 Å². The number of rotatable bonds is 7. The summed E-state index contributed by atoms with van der Waals surface area (Å²) in [5.41, 5.74) is 1.38. The largest absolute Gasteiger partial charge is 0.370 e. The van der Waals surface area contributed by atoms with E-state index in [1.807, 2.05) is 0 Å². The van der Waals surface area contributed by atoms with Crippen molar-refractivity contribution in [1.29, 1.82) is 0 Å². The van der Waals surface area contributed by atoms with Gasteiger partial charge >= 0.3 is 0 Å². The van der Waals surface area contributed by atoms with Gasteiger partial charge < -0.3 is 5.32 Å². The van der Waals surface area contributed by atoms with Gasteiger partial charge in [0.05, 0.1) is 0 Å². The molecule has 1 aliphatic rings. The molecule has 1 aromatic heterocycles. The average Bonchev–Trinajstić information content (AvgIpc) is 2.87. The quantitative estimate of drug-likeness (QED) is 0.760. The number of aromatic nitrogens is 1. The molecule has 1 aliphatic heterocycles. The van der Waals surface area contributed by atoms with Gasteiger partial charge in [0.15, 0.2) is 0 Å². The summed E-state index contributed by atoms with van der Waals surface area (Å²) in [5.74, 6) is 1.74. The predicted molar refractivity (Wildman–Crippen MR) is 86.0 cm³/mol. The first-order chi connectivity index (χ1) is 9.70. The van der Waals surface area contributed by atoms with Crippen LogP contribution in [-0.2, 0) is 0 Å². The zero-order chi connectivity index (χ0) is 14.4. The van der Waals surface area contributed by atoms with E-state index in [1.165, 1.54) is 44.3 Å². The number of hydrogen-bond donors (Lipinski definition) is 1. The predicted octanol–water partition coefficient (Wildman–Crippen LogP) is 4.09. The van der Waals surface area contributed by atoms with Crippen LogP contribution in [0.3, 0.4) is 0 Å². The summed E-state index contributed by atoms with van der Waals surface area (Å²) >= 11 is 0. The number of anilines is 1. The summed E-state index contributed by atoms with van der Waals surface area (Å²) < 4.78 is 0. The molecule has 0 amide bonds. The van der Waals surface area contributed by atoms with Gasteiger partial charge in [0.1, 0.15) is 5.82 Å². The van der Waals surface area contributed by atoms with Gasteiger partial charge in [0.2, 0.25) is 0 Å². The van der Waals surface area contributed by atoms with E-state index in [1.54, 1.807) is 0 Å². The van der Waals surface area contributed by atoms with Gasteiger partial charge in [0.25, 0.3) is 0 Å². The van der Waals surface area contributed by atoms with Crippen LogP contribution in [0, 0.1) is 5.92 Å². The molecule has 112 valence electrons. The van der Waals surface area contributed by atoms with E-state index in [0.717, 1.165) is 18.3 Å². The van der Waals surface area contributed by atoms with Crippen LogP contribution in [0.25, 0.3) is 0 Å². The number of hydrogen-bond acceptors (Lipinski definition) is 3. The van der Waals surface area contributed by atoms with Crippen molar-refractivity contribution in [3.63, 3.8) is 0 Å². The maximum atomic E-state index is 4.57. The summed E-state index contributed by atoms with van der Waals surface area (Å²) in [4.78, 5) is 7.19. The molecule has 2 rings (SSSR count). The van der Waals surface area contributed by atoms with Crippen LogP contribution >= 0.6 is 0 Å². The van der Waals surface area contributed by atoms with Crippen molar-refractivity contribution in [2.24, 2.45) is 5.92 Å². The fourth-order valence-electron chi connectivity index (χ4n) is 2.99. The lowest BCUT2D eigenvalue weighted by molar-refractivity contribution is 0.228. The third kappa shape index (κ3) is 4.20. The summed E-state index contributed by atoms with van der Waals surface area (Å²) in [6, 6.07) is 4.97. The van der Waals surface area contributed by atoms with Gasteiger partial charge in [-0.2, -0.15) is 0 Å². The minimum Gasteiger partial charge on any atom is -0.370 e. The zero-order valence-corrected chi connectivity index (χ0v) is 13.2. The molecular formula is C17H29N3. The van der Waals surface area contributed by atoms with Crippen LogP contribution in [0.5, 0.6) is 0 Å². The van der Waals surface area contributed by atoms with E-state index in [2.05, 4.69) is 54.3 Å². The van der Waals surface area contributed by atoms with Crippen molar-refractivity contribution >= 4 is 5.82 Å². The molecule has 2 heterocycles. The lowest BCUT2D eigenvalue weighted by Gasteiger charge is -2.26. The number of nitrogens with one attached hydrogen (secondary N) is 1. The fraction of sp³-hybridized carbons (Fsp3) is 0.706. The number of pyridine rings is 1. The van der Waals surface area contributed by atoms with Crippen LogP contribution in [0.2, 0.25) is 0 Å². The molecule has 1 aromatic rings. The second-order valence-electron chi connectivity index (χ2n) is 6.30. The van der Waals surface area contributed by atoms with Crippen molar-refractivity contribution < 1.29 is 0 Å². The molecule has 0 saturated carbocycles. The van der Waals surface area contributed by atoms with E-state index < -0.39 is 0 Å². The third-order valence-electron chi connectivity index (χ3n) is 3.97. The molecule has 0 spiro atoms. The van der Waals surface area contributed by atoms with Gasteiger partial charge in [-0.3, -0.25) is 4.90 Å². The van der Waals surface area contributed by atoms with Crippen LogP contribution in [-0.4, -0.2) is 29.5 Å². The topological polar surface area (TPSA) is 28.2 Å². The van der Waals surface area contributed by atoms with E-state index >= 15 is 0 Å². The molecule has 1 saturated heterocycles. The monoisotopic (exact) mass is 275 g/mol. The molecule has 0 unspecified atom stereocenters. The minimum atomic E-state index is 0.578. The summed E-state index contributed by atoms with van der Waals surface area (Å²) in [7, 11) is 0. The molecule has 1 fully saturated rings. The Balaban J connectivity index is 1.94. The molecule has 3 nitrogen and oxygen atoms in total. The van der Waals surface area contributed by atoms with Gasteiger partial charge in [-0.1, -0.05) is 33.3 Å². The second kappa shape index (κ2) is 7.63. The molecule has 20 heavy (non-hydrogen) atoms. The Morgan fingerprint density at radius 2 is 2.25 bits per heavy atom. The highest BCUT2D eigenvalue weighted by molar-refractivity contribution is 5.36. The number of unbranched alkanes of at least 4 members (excludes halogenated alkanes) is 1. The number of nitrogens with zero attached hydrogens (tertiary/aromatic N) is 2. The molecule has 0 bridgehead atoms. The van der Waals surface area contributed by atoms with Gasteiger partial charge in [-0.15, -0.1) is 0 Å². The molecule has 1 atom stereocenters. The van der Waals surface area contributed by atoms with E-state index in [4.69, 9.17) is 0 Å². The highest BCUT2D eigenvalue weighted by Crippen LogP contribution is 2.32. The van der Waals surface area contributed by atoms with Crippen molar-refractivity contribution in [1.82, 2.24) is 9.88 Å². The lowest BCUT2D eigenvalue weighted by atomic mass is 10.1. The molecule has 0 aliphatic carbocycles. The summed E-state index contributed by atoms with van der Waals surface area (Å²) in [6.07, 6.45) is 7.08. The normalized spacial score (nSPS) is 19.7. The van der Waals surface area contributed by atoms with Gasteiger partial charge in [-0.05, 0) is 43.4 Å². The maximum Gasteiger partial charge on any atom is 0.125 e. The van der Waals surface area contributed by atoms with E-state index in [9.17, 15) is 0 Å². The highest BCUT2D eigenvalue weighted by atomic mass is 15.2. The Labute approximate surface area is 123 Å². The van der Waals surface area contributed by atoms with Crippen molar-refractivity contribution in [2.75, 3.05) is 25.0 Å². The first-order valence-corrected chi connectivity index (χ1v) is 8.14. The first kappa shape index (κ1) is 15.3. The summed E-state index contributed by atoms with van der Waals surface area (Å²) in [6.45, 7) is 10.3. The minimum absolute atomic E-state index is 0.578. The maximum absolute atomic E-state index is 4.57. The summed E-state index contributed by atoms with van der Waals surface area (Å²) in [5, 5.41) is 3.38. The Hall–Kier alpha value is -1.09. The third-order valence-corrected chi connectivity index (χ3v) is 3.97. The van der Waals surface area contributed by atoms with Gasteiger partial charge in [-0.25, -0.2) is 4.98 Å². The SMILES string of the molecule is CCCCNc1ccc([C@@H]2CCCN2CC(C)C)cn1. The fourth-order valence-corrected chi connectivity index (χ4v) is 2.99. The van der Waals surface area contributed by atoms with Crippen molar-refractivity contribution in [3.05, 3.63) is 23.9 Å². The van der Waals surface area contributed by atoms with E-state index in [0.29, 0.717) is 6.04 Å². The van der Waals surface area contributed by atoms with Crippen LogP contribution in [0.4, 0.5) is 5.82 Å². The first-order valence-electron chi connectivity index (χ1n) is 8.14. The van der Waals surface area contributed by atoms with Crippen molar-refractivity contribution in [2.45, 2.75) is 52.5 Å². The molecule has 1 N–H and O–H groups in total. The number of likely N-dealkylation sites (tertiary alicyclic amines) is 1. The van der Waals surface area contributed by atoms with Crippen molar-refractivity contribution in [3.8, 4) is 0 Å². The smallest absolute Gasteiger partial charge is 0.125 e.